The van der Waals surface area contributed by atoms with E-state index in [0.717, 1.165) is 28.3 Å². The summed E-state index contributed by atoms with van der Waals surface area (Å²) in [6.45, 7) is 10.3. The van der Waals surface area contributed by atoms with Gasteiger partial charge in [-0.1, -0.05) is 13.8 Å². The van der Waals surface area contributed by atoms with Crippen LogP contribution in [0, 0.1) is 12.3 Å². The van der Waals surface area contributed by atoms with Crippen molar-refractivity contribution in [2.75, 3.05) is 6.61 Å². The van der Waals surface area contributed by atoms with Crippen LogP contribution in [0.25, 0.3) is 0 Å². The van der Waals surface area contributed by atoms with Gasteiger partial charge in [-0.05, 0) is 44.7 Å². The van der Waals surface area contributed by atoms with E-state index in [2.05, 4.69) is 19.2 Å². The van der Waals surface area contributed by atoms with Crippen LogP contribution in [-0.2, 0) is 14.3 Å². The monoisotopic (exact) mass is 359 g/mol. The molecule has 1 aromatic rings. The predicted molar refractivity (Wildman–Crippen MR) is 99.3 cm³/mol. The van der Waals surface area contributed by atoms with E-state index in [9.17, 15) is 9.59 Å². The zero-order valence-electron chi connectivity index (χ0n) is 15.5. The summed E-state index contributed by atoms with van der Waals surface area (Å²) in [5.41, 5.74) is 2.99. The Morgan fingerprint density at radius 3 is 2.64 bits per heavy atom. The third-order valence-electron chi connectivity index (χ3n) is 4.78. The summed E-state index contributed by atoms with van der Waals surface area (Å²) in [7, 11) is 0. The number of carbonyl (C=O) groups is 2. The molecule has 0 saturated heterocycles. The van der Waals surface area contributed by atoms with Crippen LogP contribution in [0.1, 0.15) is 56.2 Å². The molecular formula is C20H25NO3S. The van der Waals surface area contributed by atoms with E-state index >= 15 is 0 Å². The minimum Gasteiger partial charge on any atom is -0.463 e. The van der Waals surface area contributed by atoms with Gasteiger partial charge in [0.15, 0.2) is 5.78 Å². The average Bonchev–Trinajstić information content (AvgIpc) is 2.90. The number of ketones is 1. The lowest BCUT2D eigenvalue weighted by Crippen LogP contribution is -2.38. The summed E-state index contributed by atoms with van der Waals surface area (Å²) in [6, 6.07) is 4.07. The van der Waals surface area contributed by atoms with Gasteiger partial charge >= 0.3 is 5.97 Å². The van der Waals surface area contributed by atoms with Gasteiger partial charge in [0.2, 0.25) is 0 Å². The smallest absolute Gasteiger partial charge is 0.336 e. The number of carbonyl (C=O) groups excluding carboxylic acids is 2. The minimum absolute atomic E-state index is 0.0689. The number of aryl methyl sites for hydroxylation is 1. The van der Waals surface area contributed by atoms with E-state index in [4.69, 9.17) is 4.74 Å². The summed E-state index contributed by atoms with van der Waals surface area (Å²) >= 11 is 1.64. The highest BCUT2D eigenvalue weighted by Gasteiger charge is 2.43. The zero-order chi connectivity index (χ0) is 18.4. The molecule has 2 heterocycles. The second-order valence-electron chi connectivity index (χ2n) is 7.60. The standard InChI is InChI=1S/C20H25NO3S/c1-6-24-19(23)16-12(3)21-13-9-20(4,5)10-14(22)17(13)18(16)15-8-7-11(2)25-15/h7-8,18,21H,6,9-10H2,1-5H3/t18-/m0/s1. The van der Waals surface area contributed by atoms with Gasteiger partial charge in [0.25, 0.3) is 0 Å². The van der Waals surface area contributed by atoms with Crippen molar-refractivity contribution in [3.05, 3.63) is 44.4 Å². The van der Waals surface area contributed by atoms with E-state index < -0.39 is 0 Å². The molecule has 1 atom stereocenters. The molecule has 1 aliphatic carbocycles. The Bertz CT molecular complexity index is 798. The van der Waals surface area contributed by atoms with Crippen LogP contribution in [0.15, 0.2) is 34.7 Å². The molecule has 0 unspecified atom stereocenters. The first kappa shape index (κ1) is 17.9. The summed E-state index contributed by atoms with van der Waals surface area (Å²) in [5.74, 6) is -0.533. The molecular weight excluding hydrogens is 334 g/mol. The summed E-state index contributed by atoms with van der Waals surface area (Å²) in [6.07, 6.45) is 1.31. The predicted octanol–water partition coefficient (Wildman–Crippen LogP) is 4.22. The number of Topliss-reactive ketones (excluding diaryl/α,β-unsaturated/α-hetero) is 1. The van der Waals surface area contributed by atoms with Crippen molar-refractivity contribution in [1.29, 1.82) is 0 Å². The third kappa shape index (κ3) is 3.30. The van der Waals surface area contributed by atoms with Crippen LogP contribution in [0.2, 0.25) is 0 Å². The molecule has 0 fully saturated rings. The quantitative estimate of drug-likeness (QED) is 0.821. The van der Waals surface area contributed by atoms with E-state index in [-0.39, 0.29) is 23.1 Å². The van der Waals surface area contributed by atoms with Crippen molar-refractivity contribution in [3.8, 4) is 0 Å². The van der Waals surface area contributed by atoms with Gasteiger partial charge in [0.1, 0.15) is 0 Å². The van der Waals surface area contributed by atoms with Crippen molar-refractivity contribution >= 4 is 23.1 Å². The first-order valence-corrected chi connectivity index (χ1v) is 9.52. The number of hydrogen-bond acceptors (Lipinski definition) is 5. The summed E-state index contributed by atoms with van der Waals surface area (Å²) in [4.78, 5) is 27.9. The lowest BCUT2D eigenvalue weighted by Gasteiger charge is -2.39. The Labute approximate surface area is 153 Å². The third-order valence-corrected chi connectivity index (χ3v) is 5.85. The lowest BCUT2D eigenvalue weighted by atomic mass is 9.70. The van der Waals surface area contributed by atoms with Crippen LogP contribution >= 0.6 is 11.3 Å². The van der Waals surface area contributed by atoms with E-state index in [1.54, 1.807) is 18.3 Å². The maximum atomic E-state index is 13.0. The van der Waals surface area contributed by atoms with E-state index in [1.807, 2.05) is 26.0 Å². The van der Waals surface area contributed by atoms with E-state index in [0.29, 0.717) is 18.6 Å². The summed E-state index contributed by atoms with van der Waals surface area (Å²) in [5, 5.41) is 3.34. The molecule has 1 aromatic heterocycles. The molecule has 25 heavy (non-hydrogen) atoms. The number of allylic oxidation sites excluding steroid dienone is 3. The molecule has 1 N–H and O–H groups in total. The maximum absolute atomic E-state index is 13.0. The van der Waals surface area contributed by atoms with Crippen molar-refractivity contribution < 1.29 is 14.3 Å². The van der Waals surface area contributed by atoms with Crippen molar-refractivity contribution in [1.82, 2.24) is 5.32 Å². The van der Waals surface area contributed by atoms with Gasteiger partial charge in [-0.2, -0.15) is 0 Å². The number of hydrogen-bond donors (Lipinski definition) is 1. The van der Waals surface area contributed by atoms with Crippen molar-refractivity contribution in [2.45, 2.75) is 53.4 Å². The molecule has 0 spiro atoms. The van der Waals surface area contributed by atoms with Crippen LogP contribution in [0.5, 0.6) is 0 Å². The number of ether oxygens (including phenoxy) is 1. The molecule has 134 valence electrons. The Balaban J connectivity index is 2.15. The number of thiophene rings is 1. The largest absolute Gasteiger partial charge is 0.463 e. The maximum Gasteiger partial charge on any atom is 0.336 e. The Kier molecular flexibility index (Phi) is 4.62. The Hall–Kier alpha value is -1.88. The molecule has 0 bridgehead atoms. The minimum atomic E-state index is -0.340. The highest BCUT2D eigenvalue weighted by Crippen LogP contribution is 2.47. The van der Waals surface area contributed by atoms with Crippen LogP contribution in [-0.4, -0.2) is 18.4 Å². The second kappa shape index (κ2) is 6.45. The fourth-order valence-electron chi connectivity index (χ4n) is 3.81. The van der Waals surface area contributed by atoms with Gasteiger partial charge in [0.05, 0.1) is 18.1 Å². The summed E-state index contributed by atoms with van der Waals surface area (Å²) < 4.78 is 5.30. The van der Waals surface area contributed by atoms with Gasteiger partial charge < -0.3 is 10.1 Å². The zero-order valence-corrected chi connectivity index (χ0v) is 16.3. The number of esters is 1. The van der Waals surface area contributed by atoms with Crippen LogP contribution in [0.4, 0.5) is 0 Å². The van der Waals surface area contributed by atoms with Gasteiger partial charge in [-0.25, -0.2) is 4.79 Å². The fraction of sp³-hybridized carbons (Fsp3) is 0.500. The average molecular weight is 359 g/mol. The number of dihydropyridines is 1. The normalized spacial score (nSPS) is 22.6. The molecule has 2 aliphatic rings. The molecule has 5 heteroatoms. The highest BCUT2D eigenvalue weighted by molar-refractivity contribution is 7.12. The fourth-order valence-corrected chi connectivity index (χ4v) is 4.81. The topological polar surface area (TPSA) is 55.4 Å². The highest BCUT2D eigenvalue weighted by atomic mass is 32.1. The number of rotatable bonds is 3. The van der Waals surface area contributed by atoms with E-state index in [1.165, 1.54) is 4.88 Å². The van der Waals surface area contributed by atoms with Gasteiger partial charge in [-0.3, -0.25) is 4.79 Å². The molecule has 0 radical (unpaired) electrons. The molecule has 1 aliphatic heterocycles. The van der Waals surface area contributed by atoms with Crippen molar-refractivity contribution in [3.63, 3.8) is 0 Å². The Morgan fingerprint density at radius 2 is 2.04 bits per heavy atom. The van der Waals surface area contributed by atoms with Crippen LogP contribution < -0.4 is 5.32 Å². The molecule has 0 saturated carbocycles. The second-order valence-corrected chi connectivity index (χ2v) is 8.92. The van der Waals surface area contributed by atoms with Crippen molar-refractivity contribution in [2.24, 2.45) is 5.41 Å². The van der Waals surface area contributed by atoms with Gasteiger partial charge in [-0.15, -0.1) is 11.3 Å². The Morgan fingerprint density at radius 1 is 1.32 bits per heavy atom. The first-order valence-electron chi connectivity index (χ1n) is 8.71. The molecule has 0 amide bonds. The van der Waals surface area contributed by atoms with Crippen LogP contribution in [0.3, 0.4) is 0 Å². The lowest BCUT2D eigenvalue weighted by molar-refractivity contribution is -0.138. The molecule has 0 aromatic carbocycles. The van der Waals surface area contributed by atoms with Gasteiger partial charge in [0, 0.05) is 33.1 Å². The SMILES string of the molecule is CCOC(=O)C1=C(C)NC2=C(C(=O)CC(C)(C)C2)[C@H]1c1ccc(C)s1. The molecule has 3 rings (SSSR count). The first-order chi connectivity index (χ1) is 11.7. The molecule has 4 nitrogen and oxygen atoms in total. The number of nitrogens with one attached hydrogen (secondary N) is 1.